The van der Waals surface area contributed by atoms with Crippen molar-refractivity contribution in [1.29, 1.82) is 0 Å². The number of halogens is 4. The molecule has 1 heterocycles. The number of hydrogen-bond donors (Lipinski definition) is 1. The molecule has 1 aromatic rings. The molecular weight excluding hydrogens is 428 g/mol. The van der Waals surface area contributed by atoms with E-state index in [0.717, 1.165) is 23.7 Å². The Labute approximate surface area is 144 Å². The van der Waals surface area contributed by atoms with E-state index in [2.05, 4.69) is 10.3 Å². The zero-order valence-corrected chi connectivity index (χ0v) is 14.4. The van der Waals surface area contributed by atoms with E-state index < -0.39 is 23.4 Å². The number of aliphatic imine (C=N–C) groups is 1. The molecule has 1 aromatic carbocycles. The summed E-state index contributed by atoms with van der Waals surface area (Å²) < 4.78 is 38.8. The third-order valence-electron chi connectivity index (χ3n) is 3.13. The number of nitrogens with zero attached hydrogens (tertiary/aromatic N) is 1. The standard InChI is InChI=1S/C14H14F3IN2OS/c15-14(16,17)11-10(22-13(18)20-11)12(21)19-8-4-7-9-5-2-1-3-6-9/h1-3,5-6,10-11H,4,7-8H2,(H,19,21). The van der Waals surface area contributed by atoms with Crippen molar-refractivity contribution in [2.75, 3.05) is 6.54 Å². The van der Waals surface area contributed by atoms with Crippen LogP contribution in [0.1, 0.15) is 12.0 Å². The zero-order chi connectivity index (χ0) is 16.2. The third-order valence-corrected chi connectivity index (χ3v) is 5.20. The molecule has 1 aliphatic heterocycles. The minimum atomic E-state index is -4.49. The summed E-state index contributed by atoms with van der Waals surface area (Å²) in [5, 5.41) is 1.36. The predicted octanol–water partition coefficient (Wildman–Crippen LogP) is 3.57. The molecule has 0 saturated heterocycles. The van der Waals surface area contributed by atoms with Gasteiger partial charge in [0.05, 0.1) is 0 Å². The van der Waals surface area contributed by atoms with Gasteiger partial charge in [-0.1, -0.05) is 42.1 Å². The van der Waals surface area contributed by atoms with Crippen molar-refractivity contribution in [2.45, 2.75) is 30.3 Å². The van der Waals surface area contributed by atoms with Gasteiger partial charge in [-0.05, 0) is 41.0 Å². The van der Waals surface area contributed by atoms with E-state index in [1.54, 1.807) is 22.6 Å². The Morgan fingerprint density at radius 2 is 2.00 bits per heavy atom. The molecule has 1 amide bonds. The second kappa shape index (κ2) is 7.67. The second-order valence-corrected chi connectivity index (χ2v) is 7.67. The van der Waals surface area contributed by atoms with E-state index in [1.165, 1.54) is 0 Å². The predicted molar refractivity (Wildman–Crippen MR) is 90.4 cm³/mol. The van der Waals surface area contributed by atoms with Crippen LogP contribution in [0.2, 0.25) is 0 Å². The molecule has 2 rings (SSSR count). The van der Waals surface area contributed by atoms with E-state index >= 15 is 0 Å². The quantitative estimate of drug-likeness (QED) is 0.560. The van der Waals surface area contributed by atoms with Gasteiger partial charge in [0.2, 0.25) is 5.91 Å². The number of amides is 1. The summed E-state index contributed by atoms with van der Waals surface area (Å²) in [6.45, 7) is 0.353. The van der Waals surface area contributed by atoms with Gasteiger partial charge in [0, 0.05) is 6.54 Å². The van der Waals surface area contributed by atoms with Crippen molar-refractivity contribution < 1.29 is 18.0 Å². The molecule has 0 fully saturated rings. The highest BCUT2D eigenvalue weighted by molar-refractivity contribution is 14.1. The molecule has 1 N–H and O–H groups in total. The lowest BCUT2D eigenvalue weighted by Gasteiger charge is -2.19. The van der Waals surface area contributed by atoms with E-state index in [-0.39, 0.29) is 3.05 Å². The summed E-state index contributed by atoms with van der Waals surface area (Å²) in [6.07, 6.45) is -3.04. The second-order valence-electron chi connectivity index (χ2n) is 4.79. The summed E-state index contributed by atoms with van der Waals surface area (Å²) >= 11 is 2.59. The van der Waals surface area contributed by atoms with E-state index in [4.69, 9.17) is 0 Å². The number of aryl methyl sites for hydroxylation is 1. The van der Waals surface area contributed by atoms with Crippen molar-refractivity contribution >= 4 is 43.3 Å². The van der Waals surface area contributed by atoms with Crippen LogP contribution in [0.25, 0.3) is 0 Å². The molecule has 8 heteroatoms. The first-order chi connectivity index (χ1) is 10.4. The fourth-order valence-corrected chi connectivity index (χ4v) is 4.11. The smallest absolute Gasteiger partial charge is 0.355 e. The van der Waals surface area contributed by atoms with Gasteiger partial charge >= 0.3 is 6.18 Å². The van der Waals surface area contributed by atoms with Crippen LogP contribution in [-0.2, 0) is 11.2 Å². The number of hydrogen-bond acceptors (Lipinski definition) is 3. The topological polar surface area (TPSA) is 41.5 Å². The fraction of sp³-hybridized carbons (Fsp3) is 0.429. The van der Waals surface area contributed by atoms with Gasteiger partial charge in [0.15, 0.2) is 6.04 Å². The molecular formula is C14H14F3IN2OS. The van der Waals surface area contributed by atoms with Crippen LogP contribution >= 0.6 is 34.4 Å². The van der Waals surface area contributed by atoms with Crippen LogP contribution in [0.3, 0.4) is 0 Å². The number of rotatable bonds is 5. The van der Waals surface area contributed by atoms with Crippen LogP contribution in [0.15, 0.2) is 35.3 Å². The molecule has 0 spiro atoms. The van der Waals surface area contributed by atoms with Gasteiger partial charge in [-0.2, -0.15) is 13.2 Å². The van der Waals surface area contributed by atoms with E-state index in [0.29, 0.717) is 13.0 Å². The summed E-state index contributed by atoms with van der Waals surface area (Å²) in [6, 6.07) is 7.78. The lowest BCUT2D eigenvalue weighted by Crippen LogP contribution is -2.44. The van der Waals surface area contributed by atoms with Crippen molar-refractivity contribution in [3.05, 3.63) is 35.9 Å². The number of thioether (sulfide) groups is 1. The number of benzene rings is 1. The highest BCUT2D eigenvalue weighted by Gasteiger charge is 2.51. The highest BCUT2D eigenvalue weighted by Crippen LogP contribution is 2.39. The largest absolute Gasteiger partial charge is 0.412 e. The normalized spacial score (nSPS) is 21.5. The van der Waals surface area contributed by atoms with E-state index in [9.17, 15) is 18.0 Å². The van der Waals surface area contributed by atoms with Gasteiger partial charge in [0.1, 0.15) is 8.30 Å². The Morgan fingerprint density at radius 3 is 2.64 bits per heavy atom. The molecule has 120 valence electrons. The summed E-state index contributed by atoms with van der Waals surface area (Å²) in [7, 11) is 0. The van der Waals surface area contributed by atoms with Crippen molar-refractivity contribution in [1.82, 2.24) is 5.32 Å². The first kappa shape index (κ1) is 17.6. The Morgan fingerprint density at radius 1 is 1.32 bits per heavy atom. The average molecular weight is 442 g/mol. The van der Waals surface area contributed by atoms with Gasteiger partial charge in [-0.15, -0.1) is 0 Å². The molecule has 0 bridgehead atoms. The fourth-order valence-electron chi connectivity index (χ4n) is 2.07. The molecule has 0 aromatic heterocycles. The van der Waals surface area contributed by atoms with Gasteiger partial charge < -0.3 is 5.32 Å². The Bertz CT molecular complexity index is 551. The maximum atomic E-state index is 12.9. The minimum Gasteiger partial charge on any atom is -0.355 e. The lowest BCUT2D eigenvalue weighted by atomic mass is 10.1. The third kappa shape index (κ3) is 4.87. The van der Waals surface area contributed by atoms with Gasteiger partial charge in [-0.25, -0.2) is 0 Å². The molecule has 0 aliphatic carbocycles. The molecule has 0 saturated carbocycles. The van der Waals surface area contributed by atoms with E-state index in [1.807, 2.05) is 30.3 Å². The van der Waals surface area contributed by atoms with Crippen molar-refractivity contribution in [3.63, 3.8) is 0 Å². The Hall–Kier alpha value is -0.770. The molecule has 22 heavy (non-hydrogen) atoms. The number of carbonyl (C=O) groups excluding carboxylic acids is 1. The summed E-state index contributed by atoms with van der Waals surface area (Å²) in [4.78, 5) is 15.5. The number of nitrogens with one attached hydrogen (secondary N) is 1. The molecule has 2 unspecified atom stereocenters. The summed E-state index contributed by atoms with van der Waals surface area (Å²) in [5.74, 6) is -0.601. The maximum absolute atomic E-state index is 12.9. The zero-order valence-electron chi connectivity index (χ0n) is 11.4. The Balaban J connectivity index is 1.80. The van der Waals surface area contributed by atoms with Crippen LogP contribution in [0.4, 0.5) is 13.2 Å². The average Bonchev–Trinajstić information content (AvgIpc) is 2.87. The van der Waals surface area contributed by atoms with Crippen LogP contribution in [-0.4, -0.2) is 33.0 Å². The van der Waals surface area contributed by atoms with Crippen molar-refractivity contribution in [2.24, 2.45) is 4.99 Å². The molecule has 0 radical (unpaired) electrons. The maximum Gasteiger partial charge on any atom is 0.412 e. The van der Waals surface area contributed by atoms with Gasteiger partial charge in [-0.3, -0.25) is 9.79 Å². The molecule has 3 nitrogen and oxygen atoms in total. The van der Waals surface area contributed by atoms with Gasteiger partial charge in [0.25, 0.3) is 0 Å². The summed E-state index contributed by atoms with van der Waals surface area (Å²) in [5.41, 5.74) is 1.14. The van der Waals surface area contributed by atoms with Crippen LogP contribution in [0, 0.1) is 0 Å². The first-order valence-corrected chi connectivity index (χ1v) is 8.62. The van der Waals surface area contributed by atoms with Crippen LogP contribution in [0.5, 0.6) is 0 Å². The minimum absolute atomic E-state index is 0.268. The molecule has 1 aliphatic rings. The first-order valence-electron chi connectivity index (χ1n) is 6.66. The lowest BCUT2D eigenvalue weighted by molar-refractivity contribution is -0.151. The molecule has 2 atom stereocenters. The number of alkyl halides is 3. The van der Waals surface area contributed by atoms with Crippen molar-refractivity contribution in [3.8, 4) is 0 Å². The van der Waals surface area contributed by atoms with Crippen LogP contribution < -0.4 is 5.32 Å². The highest BCUT2D eigenvalue weighted by atomic mass is 127. The Kier molecular flexibility index (Phi) is 6.13. The SMILES string of the molecule is O=C(NCCCc1ccccc1)C1SC(I)=NC1C(F)(F)F. The number of carbonyl (C=O) groups is 1. The monoisotopic (exact) mass is 442 g/mol.